The van der Waals surface area contributed by atoms with Crippen LogP contribution >= 0.6 is 11.3 Å². The molecular formula is C22H18F2N4OS. The van der Waals surface area contributed by atoms with E-state index in [1.54, 1.807) is 11.3 Å². The van der Waals surface area contributed by atoms with Gasteiger partial charge in [-0.25, -0.2) is 18.7 Å². The van der Waals surface area contributed by atoms with Crippen LogP contribution < -0.4 is 10.6 Å². The molecule has 0 radical (unpaired) electrons. The fraction of sp³-hybridized carbons (Fsp3) is 0.136. The molecule has 4 rings (SSSR count). The SMILES string of the molecule is Cc1sc2ncnc(NCCC(=O)Nc3ccc(F)c(F)c3)c2c1-c1ccccc1. The number of aromatic nitrogens is 2. The van der Waals surface area contributed by atoms with Gasteiger partial charge in [-0.05, 0) is 24.6 Å². The first-order valence-electron chi connectivity index (χ1n) is 9.31. The minimum atomic E-state index is -1.00. The maximum absolute atomic E-state index is 13.3. The van der Waals surface area contributed by atoms with Crippen LogP contribution in [0.25, 0.3) is 21.3 Å². The third-order valence-electron chi connectivity index (χ3n) is 4.57. The Morgan fingerprint density at radius 2 is 1.87 bits per heavy atom. The van der Waals surface area contributed by atoms with E-state index in [-0.39, 0.29) is 18.0 Å². The molecule has 0 spiro atoms. The molecule has 0 aliphatic rings. The molecule has 30 heavy (non-hydrogen) atoms. The highest BCUT2D eigenvalue weighted by atomic mass is 32.1. The second-order valence-electron chi connectivity index (χ2n) is 6.66. The summed E-state index contributed by atoms with van der Waals surface area (Å²) < 4.78 is 26.3. The summed E-state index contributed by atoms with van der Waals surface area (Å²) in [6.07, 6.45) is 1.63. The molecule has 2 aromatic carbocycles. The predicted molar refractivity (Wildman–Crippen MR) is 116 cm³/mol. The Hall–Kier alpha value is -3.39. The van der Waals surface area contributed by atoms with Crippen molar-refractivity contribution in [1.29, 1.82) is 0 Å². The van der Waals surface area contributed by atoms with E-state index >= 15 is 0 Å². The van der Waals surface area contributed by atoms with Crippen LogP contribution in [0.2, 0.25) is 0 Å². The number of rotatable bonds is 6. The molecule has 0 saturated heterocycles. The summed E-state index contributed by atoms with van der Waals surface area (Å²) in [6.45, 7) is 2.37. The molecule has 0 saturated carbocycles. The largest absolute Gasteiger partial charge is 0.369 e. The number of nitrogens with zero attached hydrogens (tertiary/aromatic N) is 2. The molecule has 4 aromatic rings. The highest BCUT2D eigenvalue weighted by molar-refractivity contribution is 7.19. The zero-order chi connectivity index (χ0) is 21.1. The Kier molecular flexibility index (Phi) is 5.67. The number of benzene rings is 2. The smallest absolute Gasteiger partial charge is 0.226 e. The van der Waals surface area contributed by atoms with Crippen molar-refractivity contribution < 1.29 is 13.6 Å². The van der Waals surface area contributed by atoms with E-state index in [0.29, 0.717) is 12.4 Å². The molecule has 0 aliphatic carbocycles. The molecule has 8 heteroatoms. The molecule has 0 bridgehead atoms. The normalized spacial score (nSPS) is 10.9. The van der Waals surface area contributed by atoms with Crippen LogP contribution in [-0.4, -0.2) is 22.4 Å². The van der Waals surface area contributed by atoms with Gasteiger partial charge in [-0.3, -0.25) is 4.79 Å². The van der Waals surface area contributed by atoms with Gasteiger partial charge in [-0.1, -0.05) is 30.3 Å². The van der Waals surface area contributed by atoms with E-state index in [1.807, 2.05) is 37.3 Å². The summed E-state index contributed by atoms with van der Waals surface area (Å²) in [6, 6.07) is 13.3. The number of carbonyl (C=O) groups is 1. The van der Waals surface area contributed by atoms with Gasteiger partial charge in [0, 0.05) is 35.2 Å². The lowest BCUT2D eigenvalue weighted by Crippen LogP contribution is -2.17. The van der Waals surface area contributed by atoms with Gasteiger partial charge in [0.05, 0.1) is 5.39 Å². The van der Waals surface area contributed by atoms with Crippen molar-refractivity contribution in [3.63, 3.8) is 0 Å². The van der Waals surface area contributed by atoms with Crippen LogP contribution in [0.15, 0.2) is 54.9 Å². The number of hydrogen-bond acceptors (Lipinski definition) is 5. The van der Waals surface area contributed by atoms with E-state index in [1.165, 1.54) is 12.4 Å². The molecule has 2 heterocycles. The lowest BCUT2D eigenvalue weighted by atomic mass is 10.0. The van der Waals surface area contributed by atoms with E-state index in [0.717, 1.165) is 38.4 Å². The summed E-state index contributed by atoms with van der Waals surface area (Å²) >= 11 is 1.60. The monoisotopic (exact) mass is 424 g/mol. The summed E-state index contributed by atoms with van der Waals surface area (Å²) in [5.41, 5.74) is 2.36. The van der Waals surface area contributed by atoms with Crippen LogP contribution in [0.4, 0.5) is 20.3 Å². The third-order valence-corrected chi connectivity index (χ3v) is 5.59. The number of fused-ring (bicyclic) bond motifs is 1. The number of aryl methyl sites for hydroxylation is 1. The standard InChI is InChI=1S/C22H18F2N4OS/c1-13-19(14-5-3-2-4-6-14)20-21(26-12-27-22(20)30-13)25-10-9-18(29)28-15-7-8-16(23)17(24)11-15/h2-8,11-12H,9-10H2,1H3,(H,28,29)(H,25,26,27). The third kappa shape index (κ3) is 4.13. The van der Waals surface area contributed by atoms with Gasteiger partial charge in [0.25, 0.3) is 0 Å². The quantitative estimate of drug-likeness (QED) is 0.436. The Balaban J connectivity index is 1.49. The highest BCUT2D eigenvalue weighted by Gasteiger charge is 2.16. The van der Waals surface area contributed by atoms with Crippen LogP contribution in [0.3, 0.4) is 0 Å². The second-order valence-corrected chi connectivity index (χ2v) is 7.86. The lowest BCUT2D eigenvalue weighted by Gasteiger charge is -2.09. The number of anilines is 2. The molecule has 2 aromatic heterocycles. The maximum atomic E-state index is 13.3. The average molecular weight is 424 g/mol. The van der Waals surface area contributed by atoms with Crippen molar-refractivity contribution in [2.24, 2.45) is 0 Å². The van der Waals surface area contributed by atoms with Crippen LogP contribution in [-0.2, 0) is 4.79 Å². The number of halogens is 2. The number of thiophene rings is 1. The van der Waals surface area contributed by atoms with Crippen LogP contribution in [0, 0.1) is 18.6 Å². The fourth-order valence-corrected chi connectivity index (χ4v) is 4.24. The lowest BCUT2D eigenvalue weighted by molar-refractivity contribution is -0.115. The van der Waals surface area contributed by atoms with Crippen molar-refractivity contribution in [2.75, 3.05) is 17.2 Å². The number of hydrogen-bond donors (Lipinski definition) is 2. The highest BCUT2D eigenvalue weighted by Crippen LogP contribution is 2.40. The summed E-state index contributed by atoms with van der Waals surface area (Å²) in [7, 11) is 0. The zero-order valence-corrected chi connectivity index (χ0v) is 16.9. The fourth-order valence-electron chi connectivity index (χ4n) is 3.22. The molecule has 0 fully saturated rings. The first kappa shape index (κ1) is 19.9. The van der Waals surface area contributed by atoms with Gasteiger partial charge in [0.15, 0.2) is 11.6 Å². The van der Waals surface area contributed by atoms with E-state index < -0.39 is 11.6 Å². The Bertz CT molecular complexity index is 1210. The van der Waals surface area contributed by atoms with Gasteiger partial charge in [-0.2, -0.15) is 0 Å². The molecule has 152 valence electrons. The van der Waals surface area contributed by atoms with E-state index in [2.05, 4.69) is 20.6 Å². The Morgan fingerprint density at radius 1 is 1.07 bits per heavy atom. The minimum Gasteiger partial charge on any atom is -0.369 e. The van der Waals surface area contributed by atoms with E-state index in [4.69, 9.17) is 0 Å². The number of amides is 1. The van der Waals surface area contributed by atoms with Crippen molar-refractivity contribution in [3.8, 4) is 11.1 Å². The minimum absolute atomic E-state index is 0.133. The summed E-state index contributed by atoms with van der Waals surface area (Å²) in [5, 5.41) is 6.69. The van der Waals surface area contributed by atoms with Gasteiger partial charge in [0.2, 0.25) is 5.91 Å². The van der Waals surface area contributed by atoms with Gasteiger partial charge >= 0.3 is 0 Å². The summed E-state index contributed by atoms with van der Waals surface area (Å²) in [4.78, 5) is 22.9. The predicted octanol–water partition coefficient (Wildman–Crippen LogP) is 5.39. The molecular weight excluding hydrogens is 406 g/mol. The van der Waals surface area contributed by atoms with Crippen LogP contribution in [0.1, 0.15) is 11.3 Å². The average Bonchev–Trinajstić information content (AvgIpc) is 3.08. The van der Waals surface area contributed by atoms with E-state index in [9.17, 15) is 13.6 Å². The molecule has 0 aliphatic heterocycles. The number of nitrogens with one attached hydrogen (secondary N) is 2. The number of carbonyl (C=O) groups excluding carboxylic acids is 1. The van der Waals surface area contributed by atoms with Crippen molar-refractivity contribution in [2.45, 2.75) is 13.3 Å². The van der Waals surface area contributed by atoms with Gasteiger partial charge < -0.3 is 10.6 Å². The first-order chi connectivity index (χ1) is 14.5. The Labute approximate surface area is 175 Å². The maximum Gasteiger partial charge on any atom is 0.226 e. The van der Waals surface area contributed by atoms with Crippen LogP contribution in [0.5, 0.6) is 0 Å². The molecule has 5 nitrogen and oxygen atoms in total. The summed E-state index contributed by atoms with van der Waals surface area (Å²) in [5.74, 6) is -1.62. The van der Waals surface area contributed by atoms with Gasteiger partial charge in [0.1, 0.15) is 17.0 Å². The molecule has 0 unspecified atom stereocenters. The molecule has 2 N–H and O–H groups in total. The van der Waals surface area contributed by atoms with Gasteiger partial charge in [-0.15, -0.1) is 11.3 Å². The molecule has 0 atom stereocenters. The first-order valence-corrected chi connectivity index (χ1v) is 10.1. The molecule has 1 amide bonds. The topological polar surface area (TPSA) is 66.9 Å². The van der Waals surface area contributed by atoms with Crippen molar-refractivity contribution >= 4 is 39.0 Å². The second kappa shape index (κ2) is 8.54. The Morgan fingerprint density at radius 3 is 2.63 bits per heavy atom. The zero-order valence-electron chi connectivity index (χ0n) is 16.1. The van der Waals surface area contributed by atoms with Crippen molar-refractivity contribution in [3.05, 3.63) is 71.4 Å². The van der Waals surface area contributed by atoms with Crippen molar-refractivity contribution in [1.82, 2.24) is 9.97 Å².